The Hall–Kier alpha value is -0.220. The molecule has 0 aromatic heterocycles. The molecule has 17 heavy (non-hydrogen) atoms. The van der Waals surface area contributed by atoms with E-state index in [0.29, 0.717) is 6.04 Å². The Morgan fingerprint density at radius 2 is 2.29 bits per heavy atom. The van der Waals surface area contributed by atoms with E-state index in [4.69, 9.17) is 0 Å². The summed E-state index contributed by atoms with van der Waals surface area (Å²) in [4.78, 5) is 12.0. The van der Waals surface area contributed by atoms with Crippen LogP contribution in [0.4, 0.5) is 0 Å². The third-order valence-electron chi connectivity index (χ3n) is 4.84. The molecule has 4 unspecified atom stereocenters. The second-order valence-corrected chi connectivity index (χ2v) is 6.94. The molecule has 1 amide bonds. The van der Waals surface area contributed by atoms with Crippen LogP contribution >= 0.6 is 11.8 Å². The van der Waals surface area contributed by atoms with E-state index in [1.54, 1.807) is 0 Å². The highest BCUT2D eigenvalue weighted by molar-refractivity contribution is 7.99. The third-order valence-corrected chi connectivity index (χ3v) is 5.78. The zero-order chi connectivity index (χ0) is 11.8. The smallest absolute Gasteiger partial charge is 0.238 e. The van der Waals surface area contributed by atoms with Crippen LogP contribution in [0.2, 0.25) is 0 Å². The highest BCUT2D eigenvalue weighted by Gasteiger charge is 2.42. The number of fused-ring (bicyclic) bond motifs is 2. The first-order chi connectivity index (χ1) is 8.24. The summed E-state index contributed by atoms with van der Waals surface area (Å²) in [6.07, 6.45) is 5.59. The molecule has 2 N–H and O–H groups in total. The maximum absolute atomic E-state index is 12.0. The van der Waals surface area contributed by atoms with Gasteiger partial charge in [-0.05, 0) is 43.9 Å². The molecule has 5 atom stereocenters. The van der Waals surface area contributed by atoms with Crippen molar-refractivity contribution in [2.24, 2.45) is 17.8 Å². The van der Waals surface area contributed by atoms with Gasteiger partial charge in [0.1, 0.15) is 0 Å². The molecule has 2 aliphatic carbocycles. The maximum Gasteiger partial charge on any atom is 0.238 e. The summed E-state index contributed by atoms with van der Waals surface area (Å²) in [5, 5.41) is 6.47. The number of carbonyl (C=O) groups excluding carboxylic acids is 1. The first-order valence-corrected chi connectivity index (χ1v) is 8.01. The second-order valence-electron chi connectivity index (χ2n) is 5.91. The largest absolute Gasteiger partial charge is 0.352 e. The van der Waals surface area contributed by atoms with Crippen LogP contribution < -0.4 is 10.6 Å². The molecule has 1 heterocycles. The molecule has 3 aliphatic rings. The minimum absolute atomic E-state index is 0.0426. The summed E-state index contributed by atoms with van der Waals surface area (Å²) in [7, 11) is 0. The summed E-state index contributed by atoms with van der Waals surface area (Å²) in [5.74, 6) is 4.65. The Bertz CT molecular complexity index is 304. The number of amides is 1. The average Bonchev–Trinajstić information content (AvgIpc) is 3.05. The molecule has 2 bridgehead atoms. The van der Waals surface area contributed by atoms with Gasteiger partial charge in [-0.2, -0.15) is 0 Å². The summed E-state index contributed by atoms with van der Waals surface area (Å²) in [6.45, 7) is 2.20. The summed E-state index contributed by atoms with van der Waals surface area (Å²) < 4.78 is 0. The maximum atomic E-state index is 12.0. The van der Waals surface area contributed by atoms with Crippen molar-refractivity contribution < 1.29 is 4.79 Å². The lowest BCUT2D eigenvalue weighted by Gasteiger charge is -2.29. The van der Waals surface area contributed by atoms with Gasteiger partial charge in [0.2, 0.25) is 5.91 Å². The van der Waals surface area contributed by atoms with Crippen LogP contribution in [0.15, 0.2) is 0 Å². The van der Waals surface area contributed by atoms with Crippen molar-refractivity contribution in [2.45, 2.75) is 44.7 Å². The van der Waals surface area contributed by atoms with Gasteiger partial charge in [0.15, 0.2) is 0 Å². The minimum atomic E-state index is 0.0426. The highest BCUT2D eigenvalue weighted by atomic mass is 32.2. The van der Waals surface area contributed by atoms with Crippen molar-refractivity contribution in [3.05, 3.63) is 0 Å². The van der Waals surface area contributed by atoms with Crippen LogP contribution in [0.25, 0.3) is 0 Å². The van der Waals surface area contributed by atoms with E-state index in [9.17, 15) is 4.79 Å². The van der Waals surface area contributed by atoms with E-state index < -0.39 is 0 Å². The van der Waals surface area contributed by atoms with E-state index in [1.807, 2.05) is 11.8 Å². The Kier molecular flexibility index (Phi) is 3.35. The van der Waals surface area contributed by atoms with E-state index in [1.165, 1.54) is 25.7 Å². The van der Waals surface area contributed by atoms with Gasteiger partial charge in [0.25, 0.3) is 0 Å². The fraction of sp³-hybridized carbons (Fsp3) is 0.923. The van der Waals surface area contributed by atoms with Gasteiger partial charge in [0, 0.05) is 17.7 Å². The molecule has 96 valence electrons. The number of thioether (sulfide) groups is 1. The van der Waals surface area contributed by atoms with Crippen LogP contribution in [0.1, 0.15) is 32.6 Å². The van der Waals surface area contributed by atoms with Crippen molar-refractivity contribution in [2.75, 3.05) is 11.6 Å². The molecule has 0 aromatic rings. The van der Waals surface area contributed by atoms with Crippen molar-refractivity contribution in [3.63, 3.8) is 0 Å². The van der Waals surface area contributed by atoms with Gasteiger partial charge in [-0.1, -0.05) is 6.42 Å². The molecular weight excluding hydrogens is 232 g/mol. The first kappa shape index (κ1) is 11.8. The topological polar surface area (TPSA) is 41.1 Å². The van der Waals surface area contributed by atoms with Crippen LogP contribution in [0.3, 0.4) is 0 Å². The van der Waals surface area contributed by atoms with Gasteiger partial charge in [0.05, 0.1) is 6.04 Å². The lowest BCUT2D eigenvalue weighted by Crippen LogP contribution is -2.48. The minimum Gasteiger partial charge on any atom is -0.352 e. The van der Waals surface area contributed by atoms with E-state index in [-0.39, 0.29) is 11.9 Å². The number of hydrogen-bond donors (Lipinski definition) is 2. The predicted octanol–water partition coefficient (Wildman–Crippen LogP) is 1.59. The Balaban J connectivity index is 1.52. The van der Waals surface area contributed by atoms with Gasteiger partial charge < -0.3 is 5.32 Å². The van der Waals surface area contributed by atoms with Crippen molar-refractivity contribution in [3.8, 4) is 0 Å². The van der Waals surface area contributed by atoms with Gasteiger partial charge in [-0.3, -0.25) is 10.1 Å². The quantitative estimate of drug-likeness (QED) is 0.803. The SMILES string of the molecule is CC(NC(=O)[C@H]1CSCN1)C1CC2CCC1C2. The van der Waals surface area contributed by atoms with E-state index in [2.05, 4.69) is 17.6 Å². The van der Waals surface area contributed by atoms with E-state index in [0.717, 1.165) is 29.4 Å². The number of rotatable bonds is 3. The highest BCUT2D eigenvalue weighted by Crippen LogP contribution is 2.49. The van der Waals surface area contributed by atoms with Crippen LogP contribution in [-0.4, -0.2) is 29.6 Å². The second kappa shape index (κ2) is 4.81. The number of carbonyl (C=O) groups is 1. The zero-order valence-electron chi connectivity index (χ0n) is 10.4. The van der Waals surface area contributed by atoms with Gasteiger partial charge in [-0.15, -0.1) is 11.8 Å². The molecule has 1 aliphatic heterocycles. The summed E-state index contributed by atoms with van der Waals surface area (Å²) in [5.41, 5.74) is 0. The summed E-state index contributed by atoms with van der Waals surface area (Å²) in [6, 6.07) is 0.409. The molecule has 3 fully saturated rings. The standard InChI is InChI=1S/C13H22N2OS/c1-8(11-5-9-2-3-10(11)4-9)15-13(16)12-6-17-7-14-12/h8-12,14H,2-7H2,1H3,(H,15,16)/t8?,9?,10?,11?,12-/m1/s1. The monoisotopic (exact) mass is 254 g/mol. The lowest BCUT2D eigenvalue weighted by atomic mass is 9.84. The molecule has 1 saturated heterocycles. The third kappa shape index (κ3) is 2.34. The molecule has 0 radical (unpaired) electrons. The normalized spacial score (nSPS) is 41.7. The fourth-order valence-corrected chi connectivity index (χ4v) is 4.84. The van der Waals surface area contributed by atoms with Gasteiger partial charge in [-0.25, -0.2) is 0 Å². The first-order valence-electron chi connectivity index (χ1n) is 6.85. The van der Waals surface area contributed by atoms with Crippen molar-refractivity contribution in [1.82, 2.24) is 10.6 Å². The molecule has 0 spiro atoms. The Labute approximate surface area is 107 Å². The molecule has 4 heteroatoms. The molecule has 3 nitrogen and oxygen atoms in total. The van der Waals surface area contributed by atoms with Crippen LogP contribution in [0.5, 0.6) is 0 Å². The summed E-state index contributed by atoms with van der Waals surface area (Å²) >= 11 is 1.81. The number of hydrogen-bond acceptors (Lipinski definition) is 3. The lowest BCUT2D eigenvalue weighted by molar-refractivity contribution is -0.123. The molecular formula is C13H22N2OS. The van der Waals surface area contributed by atoms with Crippen molar-refractivity contribution in [1.29, 1.82) is 0 Å². The van der Waals surface area contributed by atoms with Crippen molar-refractivity contribution >= 4 is 17.7 Å². The average molecular weight is 254 g/mol. The number of nitrogens with one attached hydrogen (secondary N) is 2. The van der Waals surface area contributed by atoms with Crippen LogP contribution in [0, 0.1) is 17.8 Å². The molecule has 0 aromatic carbocycles. The fourth-order valence-electron chi connectivity index (χ4n) is 3.90. The van der Waals surface area contributed by atoms with Crippen LogP contribution in [-0.2, 0) is 4.79 Å². The molecule has 2 saturated carbocycles. The zero-order valence-corrected chi connectivity index (χ0v) is 11.3. The van der Waals surface area contributed by atoms with E-state index >= 15 is 0 Å². The van der Waals surface area contributed by atoms with Gasteiger partial charge >= 0.3 is 0 Å². The Morgan fingerprint density at radius 1 is 1.41 bits per heavy atom. The predicted molar refractivity (Wildman–Crippen MR) is 70.8 cm³/mol. The Morgan fingerprint density at radius 3 is 2.88 bits per heavy atom. The molecule has 3 rings (SSSR count).